The molecule has 0 saturated carbocycles. The summed E-state index contributed by atoms with van der Waals surface area (Å²) in [6, 6.07) is 13.6. The van der Waals surface area contributed by atoms with Crippen LogP contribution < -0.4 is 10.6 Å². The molecule has 0 atom stereocenters. The predicted octanol–water partition coefficient (Wildman–Crippen LogP) is 3.28. The zero-order chi connectivity index (χ0) is 13.7. The maximum Gasteiger partial charge on any atom is 0.320 e. The van der Waals surface area contributed by atoms with Crippen molar-refractivity contribution in [3.05, 3.63) is 48.7 Å². The van der Waals surface area contributed by atoms with Crippen LogP contribution in [0.1, 0.15) is 13.8 Å². The fraction of sp³-hybridized carbons (Fsp3) is 0.200. The van der Waals surface area contributed by atoms with E-state index in [2.05, 4.69) is 15.6 Å². The first-order valence-electron chi connectivity index (χ1n) is 6.24. The van der Waals surface area contributed by atoms with Gasteiger partial charge in [0.05, 0.1) is 0 Å². The molecule has 1 aromatic heterocycles. The normalized spacial score (nSPS) is 10.3. The largest absolute Gasteiger partial charge is 0.336 e. The van der Waals surface area contributed by atoms with E-state index < -0.39 is 0 Å². The molecule has 0 fully saturated rings. The molecule has 0 radical (unpaired) electrons. The van der Waals surface area contributed by atoms with Crippen LogP contribution in [0.15, 0.2) is 48.7 Å². The molecular weight excluding hydrogens is 238 g/mol. The van der Waals surface area contributed by atoms with Crippen LogP contribution >= 0.6 is 0 Å². The second-order valence-electron chi connectivity index (χ2n) is 4.55. The van der Waals surface area contributed by atoms with E-state index in [-0.39, 0.29) is 12.1 Å². The molecule has 1 heterocycles. The van der Waals surface area contributed by atoms with E-state index in [9.17, 15) is 4.79 Å². The minimum Gasteiger partial charge on any atom is -0.336 e. The van der Waals surface area contributed by atoms with Crippen molar-refractivity contribution in [3.8, 4) is 11.1 Å². The molecule has 2 aromatic rings. The summed E-state index contributed by atoms with van der Waals surface area (Å²) >= 11 is 0. The average Bonchev–Trinajstić information content (AvgIpc) is 2.39. The Balaban J connectivity index is 2.05. The number of anilines is 1. The highest BCUT2D eigenvalue weighted by atomic mass is 16.2. The van der Waals surface area contributed by atoms with E-state index in [4.69, 9.17) is 0 Å². The van der Waals surface area contributed by atoms with Crippen LogP contribution in [0, 0.1) is 0 Å². The van der Waals surface area contributed by atoms with Crippen LogP contribution in [0.5, 0.6) is 0 Å². The highest BCUT2D eigenvalue weighted by molar-refractivity contribution is 5.88. The Morgan fingerprint density at radius 1 is 1.05 bits per heavy atom. The van der Waals surface area contributed by atoms with Crippen LogP contribution in [0.2, 0.25) is 0 Å². The summed E-state index contributed by atoms with van der Waals surface area (Å²) in [5, 5.41) is 5.44. The lowest BCUT2D eigenvalue weighted by Crippen LogP contribution is -2.34. The van der Waals surface area contributed by atoms with Gasteiger partial charge in [-0.05, 0) is 31.5 Å². The van der Waals surface area contributed by atoms with E-state index in [1.807, 2.05) is 50.2 Å². The topological polar surface area (TPSA) is 54.0 Å². The van der Waals surface area contributed by atoms with Crippen molar-refractivity contribution in [1.29, 1.82) is 0 Å². The van der Waals surface area contributed by atoms with Gasteiger partial charge >= 0.3 is 6.03 Å². The third-order valence-corrected chi connectivity index (χ3v) is 2.53. The third kappa shape index (κ3) is 3.81. The molecule has 0 aliphatic rings. The quantitative estimate of drug-likeness (QED) is 0.884. The van der Waals surface area contributed by atoms with Gasteiger partial charge in [0.2, 0.25) is 0 Å². The molecule has 19 heavy (non-hydrogen) atoms. The van der Waals surface area contributed by atoms with Crippen molar-refractivity contribution in [2.45, 2.75) is 19.9 Å². The van der Waals surface area contributed by atoms with Gasteiger partial charge in [0, 0.05) is 17.8 Å². The van der Waals surface area contributed by atoms with Gasteiger partial charge in [-0.2, -0.15) is 0 Å². The molecule has 0 aliphatic heterocycles. The smallest absolute Gasteiger partial charge is 0.320 e. The van der Waals surface area contributed by atoms with E-state index in [1.54, 1.807) is 12.3 Å². The molecule has 0 saturated heterocycles. The first kappa shape index (κ1) is 13.1. The third-order valence-electron chi connectivity index (χ3n) is 2.53. The number of hydrogen-bond donors (Lipinski definition) is 2. The Kier molecular flexibility index (Phi) is 4.13. The molecule has 2 N–H and O–H groups in total. The minimum absolute atomic E-state index is 0.101. The first-order valence-corrected chi connectivity index (χ1v) is 6.24. The van der Waals surface area contributed by atoms with Gasteiger partial charge in [-0.3, -0.25) is 5.32 Å². The highest BCUT2D eigenvalue weighted by Crippen LogP contribution is 2.18. The van der Waals surface area contributed by atoms with Crippen molar-refractivity contribution in [2.75, 3.05) is 5.32 Å². The summed E-state index contributed by atoms with van der Waals surface area (Å²) in [5.41, 5.74) is 2.13. The second kappa shape index (κ2) is 6.00. The minimum atomic E-state index is -0.241. The predicted molar refractivity (Wildman–Crippen MR) is 77.0 cm³/mol. The van der Waals surface area contributed by atoms with E-state index >= 15 is 0 Å². The fourth-order valence-electron chi connectivity index (χ4n) is 1.68. The standard InChI is InChI=1S/C15H17N3O/c1-11(2)17-15(19)18-14-9-8-13(10-16-14)12-6-4-3-5-7-12/h3-11H,1-2H3,(H2,16,17,18,19). The Hall–Kier alpha value is -2.36. The zero-order valence-corrected chi connectivity index (χ0v) is 11.1. The molecule has 0 spiro atoms. The van der Waals surface area contributed by atoms with Crippen LogP contribution in [-0.2, 0) is 0 Å². The van der Waals surface area contributed by atoms with Crippen molar-refractivity contribution in [2.24, 2.45) is 0 Å². The number of benzene rings is 1. The molecular formula is C15H17N3O. The molecule has 1 aromatic carbocycles. The van der Waals surface area contributed by atoms with E-state index in [0.717, 1.165) is 11.1 Å². The molecule has 98 valence electrons. The highest BCUT2D eigenvalue weighted by Gasteiger charge is 2.04. The average molecular weight is 255 g/mol. The fourth-order valence-corrected chi connectivity index (χ4v) is 1.68. The summed E-state index contributed by atoms with van der Waals surface area (Å²) in [4.78, 5) is 15.7. The van der Waals surface area contributed by atoms with Gasteiger partial charge in [0.1, 0.15) is 5.82 Å². The van der Waals surface area contributed by atoms with Gasteiger partial charge in [0.15, 0.2) is 0 Å². The maximum absolute atomic E-state index is 11.5. The molecule has 2 rings (SSSR count). The Labute approximate surface area is 112 Å². The lowest BCUT2D eigenvalue weighted by atomic mass is 10.1. The van der Waals surface area contributed by atoms with Crippen LogP contribution in [0.4, 0.5) is 10.6 Å². The summed E-state index contributed by atoms with van der Waals surface area (Å²) in [7, 11) is 0. The summed E-state index contributed by atoms with van der Waals surface area (Å²) in [5.74, 6) is 0.540. The zero-order valence-electron chi connectivity index (χ0n) is 11.1. The summed E-state index contributed by atoms with van der Waals surface area (Å²) < 4.78 is 0. The van der Waals surface area contributed by atoms with Gasteiger partial charge in [-0.15, -0.1) is 0 Å². The van der Waals surface area contributed by atoms with Crippen LogP contribution in [-0.4, -0.2) is 17.1 Å². The Morgan fingerprint density at radius 2 is 1.79 bits per heavy atom. The SMILES string of the molecule is CC(C)NC(=O)Nc1ccc(-c2ccccc2)cn1. The number of nitrogens with one attached hydrogen (secondary N) is 2. The number of amides is 2. The van der Waals surface area contributed by atoms with Gasteiger partial charge in [0.25, 0.3) is 0 Å². The van der Waals surface area contributed by atoms with Crippen LogP contribution in [0.25, 0.3) is 11.1 Å². The van der Waals surface area contributed by atoms with Crippen molar-refractivity contribution >= 4 is 11.8 Å². The number of urea groups is 1. The first-order chi connectivity index (χ1) is 9.15. The van der Waals surface area contributed by atoms with Crippen molar-refractivity contribution in [1.82, 2.24) is 10.3 Å². The number of nitrogens with zero attached hydrogens (tertiary/aromatic N) is 1. The number of carbonyl (C=O) groups excluding carboxylic acids is 1. The Bertz CT molecular complexity index is 535. The number of rotatable bonds is 3. The van der Waals surface area contributed by atoms with E-state index in [0.29, 0.717) is 5.82 Å². The van der Waals surface area contributed by atoms with Crippen LogP contribution in [0.3, 0.4) is 0 Å². The van der Waals surface area contributed by atoms with Gasteiger partial charge < -0.3 is 5.32 Å². The number of aromatic nitrogens is 1. The second-order valence-corrected chi connectivity index (χ2v) is 4.55. The summed E-state index contributed by atoms with van der Waals surface area (Å²) in [6.45, 7) is 3.82. The number of carbonyl (C=O) groups is 1. The molecule has 0 unspecified atom stereocenters. The van der Waals surface area contributed by atoms with E-state index in [1.165, 1.54) is 0 Å². The van der Waals surface area contributed by atoms with Gasteiger partial charge in [-0.25, -0.2) is 9.78 Å². The number of pyridine rings is 1. The Morgan fingerprint density at radius 3 is 2.37 bits per heavy atom. The monoisotopic (exact) mass is 255 g/mol. The molecule has 0 aliphatic carbocycles. The van der Waals surface area contributed by atoms with Gasteiger partial charge in [-0.1, -0.05) is 30.3 Å². The molecule has 0 bridgehead atoms. The molecule has 4 nitrogen and oxygen atoms in total. The van der Waals surface area contributed by atoms with Crippen molar-refractivity contribution < 1.29 is 4.79 Å². The molecule has 2 amide bonds. The molecule has 4 heteroatoms. The lowest BCUT2D eigenvalue weighted by Gasteiger charge is -2.09. The summed E-state index contributed by atoms with van der Waals surface area (Å²) in [6.07, 6.45) is 1.75. The van der Waals surface area contributed by atoms with Crippen molar-refractivity contribution in [3.63, 3.8) is 0 Å². The number of hydrogen-bond acceptors (Lipinski definition) is 2. The lowest BCUT2D eigenvalue weighted by molar-refractivity contribution is 0.250. The maximum atomic E-state index is 11.5.